The van der Waals surface area contributed by atoms with Crippen LogP contribution < -0.4 is 13.9 Å². The van der Waals surface area contributed by atoms with Crippen LogP contribution in [0.1, 0.15) is 13.8 Å². The van der Waals surface area contributed by atoms with Crippen molar-refractivity contribution in [3.63, 3.8) is 0 Å². The summed E-state index contributed by atoms with van der Waals surface area (Å²) in [5, 5.41) is 3.42. The molecule has 32 heavy (non-hydrogen) atoms. The van der Waals surface area contributed by atoms with E-state index in [9.17, 15) is 21.6 Å². The molecule has 2 aliphatic heterocycles. The molecule has 6 nitrogen and oxygen atoms in total. The zero-order chi connectivity index (χ0) is 21.6. The van der Waals surface area contributed by atoms with Crippen LogP contribution in [0.5, 0.6) is 0 Å². The molecule has 4 rings (SSSR count). The number of halogens is 5. The Morgan fingerprint density at radius 2 is 1.47 bits per heavy atom. The lowest BCUT2D eigenvalue weighted by Crippen LogP contribution is -2.55. The standard InChI is InChI=1S/C20H23F3N4O2S.2ClH/c1-13-11-25(12-14(2)24-13)7-8-26-18-5-3-4-6-19(18)27(30(26,28)29)20-16(22)9-15(21)10-17(20)23;;/h3-6,9-10,13-14,24H,7-8,11-12H2,1-2H3;2*1H/t13-,14+;;. The largest absolute Gasteiger partial charge is 0.331 e. The third-order valence-corrected chi connectivity index (χ3v) is 7.09. The molecule has 2 atom stereocenters. The summed E-state index contributed by atoms with van der Waals surface area (Å²) in [6.07, 6.45) is 0. The topological polar surface area (TPSA) is 55.9 Å². The fraction of sp³-hybridized carbons (Fsp3) is 0.400. The van der Waals surface area contributed by atoms with E-state index in [1.54, 1.807) is 18.2 Å². The average Bonchev–Trinajstić information content (AvgIpc) is 2.85. The fourth-order valence-corrected chi connectivity index (χ4v) is 5.97. The number of rotatable bonds is 4. The molecule has 0 radical (unpaired) electrons. The van der Waals surface area contributed by atoms with Crippen molar-refractivity contribution < 1.29 is 21.6 Å². The monoisotopic (exact) mass is 512 g/mol. The van der Waals surface area contributed by atoms with E-state index in [1.807, 2.05) is 0 Å². The van der Waals surface area contributed by atoms with Crippen molar-refractivity contribution in [2.45, 2.75) is 25.9 Å². The maximum Gasteiger partial charge on any atom is 0.331 e. The number of hydrogen-bond donors (Lipinski definition) is 1. The van der Waals surface area contributed by atoms with Gasteiger partial charge in [0.2, 0.25) is 0 Å². The molecule has 0 aromatic heterocycles. The van der Waals surface area contributed by atoms with Crippen molar-refractivity contribution >= 4 is 52.1 Å². The number of piperazine rings is 1. The fourth-order valence-electron chi connectivity index (χ4n) is 4.25. The molecular formula is C20H25Cl2F3N4O2S. The highest BCUT2D eigenvalue weighted by Gasteiger charge is 2.43. The maximum atomic E-state index is 14.5. The van der Waals surface area contributed by atoms with E-state index in [0.717, 1.165) is 17.4 Å². The predicted molar refractivity (Wildman–Crippen MR) is 124 cm³/mol. The average molecular weight is 513 g/mol. The summed E-state index contributed by atoms with van der Waals surface area (Å²) in [4.78, 5) is 2.16. The van der Waals surface area contributed by atoms with Gasteiger partial charge in [0, 0.05) is 50.4 Å². The van der Waals surface area contributed by atoms with E-state index in [0.29, 0.717) is 28.7 Å². The summed E-state index contributed by atoms with van der Waals surface area (Å²) < 4.78 is 70.8. The van der Waals surface area contributed by atoms with E-state index in [2.05, 4.69) is 24.1 Å². The Hall–Kier alpha value is -1.72. The Morgan fingerprint density at radius 1 is 0.938 bits per heavy atom. The quantitative estimate of drug-likeness (QED) is 0.676. The molecular weight excluding hydrogens is 488 g/mol. The van der Waals surface area contributed by atoms with E-state index in [4.69, 9.17) is 0 Å². The van der Waals surface area contributed by atoms with E-state index < -0.39 is 33.3 Å². The van der Waals surface area contributed by atoms with Crippen LogP contribution in [0.4, 0.5) is 30.2 Å². The highest BCUT2D eigenvalue weighted by Crippen LogP contribution is 2.46. The molecule has 0 bridgehead atoms. The Labute approximate surface area is 198 Å². The lowest BCUT2D eigenvalue weighted by molar-refractivity contribution is 0.178. The summed E-state index contributed by atoms with van der Waals surface area (Å²) >= 11 is 0. The van der Waals surface area contributed by atoms with Gasteiger partial charge in [0.1, 0.15) is 11.5 Å². The molecule has 2 aromatic rings. The Bertz CT molecular complexity index is 1040. The third kappa shape index (κ3) is 4.79. The van der Waals surface area contributed by atoms with Crippen molar-refractivity contribution in [3.05, 3.63) is 53.8 Å². The van der Waals surface area contributed by atoms with E-state index in [-0.39, 0.29) is 49.1 Å². The lowest BCUT2D eigenvalue weighted by Gasteiger charge is -2.36. The summed E-state index contributed by atoms with van der Waals surface area (Å²) in [7, 11) is -4.30. The van der Waals surface area contributed by atoms with Crippen LogP contribution in [0, 0.1) is 17.5 Å². The van der Waals surface area contributed by atoms with Gasteiger partial charge in [-0.2, -0.15) is 8.42 Å². The first-order chi connectivity index (χ1) is 14.2. The van der Waals surface area contributed by atoms with Crippen LogP contribution in [0.3, 0.4) is 0 Å². The summed E-state index contributed by atoms with van der Waals surface area (Å²) in [6, 6.07) is 7.82. The zero-order valence-electron chi connectivity index (χ0n) is 17.5. The van der Waals surface area contributed by atoms with Crippen molar-refractivity contribution in [2.24, 2.45) is 0 Å². The van der Waals surface area contributed by atoms with Crippen molar-refractivity contribution in [1.29, 1.82) is 0 Å². The van der Waals surface area contributed by atoms with Gasteiger partial charge in [-0.25, -0.2) is 21.8 Å². The van der Waals surface area contributed by atoms with Crippen LogP contribution in [-0.4, -0.2) is 51.6 Å². The minimum absolute atomic E-state index is 0. The SMILES string of the molecule is C[C@@H]1CN(CCN2c3ccccc3N(c3c(F)cc(F)cc3F)S2(=O)=O)C[C@H](C)N1.Cl.Cl. The number of fused-ring (bicyclic) bond motifs is 1. The smallest absolute Gasteiger partial charge is 0.309 e. The number of para-hydroxylation sites is 2. The van der Waals surface area contributed by atoms with Crippen LogP contribution in [0.2, 0.25) is 0 Å². The molecule has 2 aromatic carbocycles. The van der Waals surface area contributed by atoms with Crippen molar-refractivity contribution in [3.8, 4) is 0 Å². The molecule has 1 N–H and O–H groups in total. The Morgan fingerprint density at radius 3 is 2.03 bits per heavy atom. The highest BCUT2D eigenvalue weighted by molar-refractivity contribution is 7.95. The van der Waals surface area contributed by atoms with Gasteiger partial charge in [-0.3, -0.25) is 4.90 Å². The Kier molecular flexibility index (Phi) is 8.33. The number of hydrogen-bond acceptors (Lipinski definition) is 4. The molecule has 2 heterocycles. The number of nitrogens with one attached hydrogen (secondary N) is 1. The minimum Gasteiger partial charge on any atom is -0.309 e. The highest BCUT2D eigenvalue weighted by atomic mass is 35.5. The maximum absolute atomic E-state index is 14.5. The van der Waals surface area contributed by atoms with Crippen molar-refractivity contribution in [2.75, 3.05) is 34.8 Å². The molecule has 0 saturated carbocycles. The van der Waals surface area contributed by atoms with Gasteiger partial charge < -0.3 is 5.32 Å². The van der Waals surface area contributed by atoms with Gasteiger partial charge in [-0.1, -0.05) is 12.1 Å². The molecule has 0 amide bonds. The van der Waals surface area contributed by atoms with Crippen LogP contribution in [0.15, 0.2) is 36.4 Å². The predicted octanol–water partition coefficient (Wildman–Crippen LogP) is 3.83. The summed E-state index contributed by atoms with van der Waals surface area (Å²) in [6.45, 7) is 6.25. The molecule has 1 saturated heterocycles. The molecule has 2 aliphatic rings. The van der Waals surface area contributed by atoms with Gasteiger partial charge in [0.15, 0.2) is 11.6 Å². The molecule has 0 spiro atoms. The van der Waals surface area contributed by atoms with Gasteiger partial charge >= 0.3 is 10.2 Å². The molecule has 0 aliphatic carbocycles. The second-order valence-electron chi connectivity index (χ2n) is 7.78. The lowest BCUT2D eigenvalue weighted by atomic mass is 10.1. The van der Waals surface area contributed by atoms with Gasteiger partial charge in [0.25, 0.3) is 0 Å². The van der Waals surface area contributed by atoms with Crippen molar-refractivity contribution in [1.82, 2.24) is 10.2 Å². The van der Waals surface area contributed by atoms with Crippen LogP contribution in [-0.2, 0) is 10.2 Å². The first kappa shape index (κ1) is 26.5. The number of anilines is 3. The van der Waals surface area contributed by atoms with Gasteiger partial charge in [-0.15, -0.1) is 24.8 Å². The molecule has 1 fully saturated rings. The number of benzene rings is 2. The Balaban J connectivity index is 0.00000181. The normalized spacial score (nSPS) is 22.2. The zero-order valence-corrected chi connectivity index (χ0v) is 19.9. The third-order valence-electron chi connectivity index (χ3n) is 5.32. The van der Waals surface area contributed by atoms with Gasteiger partial charge in [-0.05, 0) is 26.0 Å². The summed E-state index contributed by atoms with van der Waals surface area (Å²) in [5.74, 6) is -3.67. The van der Waals surface area contributed by atoms with E-state index in [1.165, 1.54) is 6.07 Å². The first-order valence-corrected chi connectivity index (χ1v) is 11.1. The van der Waals surface area contributed by atoms with Crippen LogP contribution in [0.25, 0.3) is 0 Å². The molecule has 0 unspecified atom stereocenters. The first-order valence-electron chi connectivity index (χ1n) is 9.73. The van der Waals surface area contributed by atoms with Gasteiger partial charge in [0.05, 0.1) is 11.4 Å². The van der Waals surface area contributed by atoms with E-state index >= 15 is 0 Å². The molecule has 178 valence electrons. The molecule has 12 heteroatoms. The second-order valence-corrected chi connectivity index (χ2v) is 9.48. The minimum atomic E-state index is -4.30. The second kappa shape index (κ2) is 10.0. The summed E-state index contributed by atoms with van der Waals surface area (Å²) in [5.41, 5.74) is -0.350. The number of nitrogens with zero attached hydrogens (tertiary/aromatic N) is 3. The van der Waals surface area contributed by atoms with Crippen LogP contribution >= 0.6 is 24.8 Å².